The van der Waals surface area contributed by atoms with Crippen LogP contribution in [0.5, 0.6) is 5.75 Å². The minimum absolute atomic E-state index is 0.242. The van der Waals surface area contributed by atoms with E-state index >= 15 is 0 Å². The molecule has 1 fully saturated rings. The first-order chi connectivity index (χ1) is 10.2. The second-order valence-electron chi connectivity index (χ2n) is 5.22. The summed E-state index contributed by atoms with van der Waals surface area (Å²) >= 11 is 0. The normalized spacial score (nSPS) is 15.8. The van der Waals surface area contributed by atoms with Crippen LogP contribution in [-0.2, 0) is 4.79 Å². The highest BCUT2D eigenvalue weighted by molar-refractivity contribution is 5.76. The molecule has 1 aromatic carbocycles. The molecular weight excluding hydrogens is 266 g/mol. The zero-order valence-electron chi connectivity index (χ0n) is 13.0. The number of benzene rings is 1. The van der Waals surface area contributed by atoms with E-state index in [0.29, 0.717) is 13.0 Å². The van der Waals surface area contributed by atoms with Gasteiger partial charge in [0, 0.05) is 44.8 Å². The van der Waals surface area contributed by atoms with Gasteiger partial charge in [-0.05, 0) is 30.8 Å². The van der Waals surface area contributed by atoms with Gasteiger partial charge >= 0.3 is 0 Å². The highest BCUT2D eigenvalue weighted by Gasteiger charge is 2.19. The van der Waals surface area contributed by atoms with E-state index < -0.39 is 0 Å². The van der Waals surface area contributed by atoms with Gasteiger partial charge in [0.05, 0.1) is 7.11 Å². The van der Waals surface area contributed by atoms with Gasteiger partial charge in [-0.25, -0.2) is 0 Å². The third-order valence-electron chi connectivity index (χ3n) is 3.93. The van der Waals surface area contributed by atoms with Crippen molar-refractivity contribution in [2.45, 2.75) is 13.3 Å². The van der Waals surface area contributed by atoms with Crippen LogP contribution < -0.4 is 10.1 Å². The van der Waals surface area contributed by atoms with Gasteiger partial charge in [0.1, 0.15) is 5.75 Å². The molecule has 0 aliphatic carbocycles. The third-order valence-corrected chi connectivity index (χ3v) is 3.93. The lowest BCUT2D eigenvalue weighted by Gasteiger charge is -2.34. The van der Waals surface area contributed by atoms with Crippen molar-refractivity contribution in [2.24, 2.45) is 0 Å². The van der Waals surface area contributed by atoms with E-state index in [4.69, 9.17) is 4.74 Å². The lowest BCUT2D eigenvalue weighted by Crippen LogP contribution is -2.48. The highest BCUT2D eigenvalue weighted by Crippen LogP contribution is 2.15. The number of methoxy groups -OCH3 is 1. The van der Waals surface area contributed by atoms with Crippen molar-refractivity contribution < 1.29 is 9.53 Å². The highest BCUT2D eigenvalue weighted by atomic mass is 16.5. The molecule has 1 aliphatic rings. The number of hydrogen-bond acceptors (Lipinski definition) is 4. The third kappa shape index (κ3) is 4.63. The van der Waals surface area contributed by atoms with Crippen LogP contribution in [-0.4, -0.2) is 62.1 Å². The Morgan fingerprint density at radius 3 is 2.43 bits per heavy atom. The summed E-state index contributed by atoms with van der Waals surface area (Å²) in [6, 6.07) is 7.74. The predicted octanol–water partition coefficient (Wildman–Crippen LogP) is 1.66. The van der Waals surface area contributed by atoms with Crippen molar-refractivity contribution in [2.75, 3.05) is 51.7 Å². The molecule has 1 N–H and O–H groups in total. The maximum absolute atomic E-state index is 12.1. The Bertz CT molecular complexity index is 439. The molecule has 5 heteroatoms. The number of nitrogens with one attached hydrogen (secondary N) is 1. The van der Waals surface area contributed by atoms with E-state index in [-0.39, 0.29) is 5.91 Å². The minimum atomic E-state index is 0.242. The number of ether oxygens (including phenoxy) is 1. The fraction of sp³-hybridized carbons (Fsp3) is 0.562. The van der Waals surface area contributed by atoms with Crippen LogP contribution in [0.15, 0.2) is 24.3 Å². The Hall–Kier alpha value is -1.75. The molecule has 0 radical (unpaired) electrons. The summed E-state index contributed by atoms with van der Waals surface area (Å²) in [5.41, 5.74) is 1.01. The second-order valence-corrected chi connectivity index (χ2v) is 5.22. The molecule has 0 bridgehead atoms. The van der Waals surface area contributed by atoms with Gasteiger partial charge in [-0.3, -0.25) is 4.79 Å². The average molecular weight is 291 g/mol. The van der Waals surface area contributed by atoms with Crippen LogP contribution in [0.4, 0.5) is 5.69 Å². The fourth-order valence-corrected chi connectivity index (χ4v) is 2.49. The van der Waals surface area contributed by atoms with E-state index in [2.05, 4.69) is 17.1 Å². The first-order valence-electron chi connectivity index (χ1n) is 7.61. The molecule has 2 rings (SSSR count). The van der Waals surface area contributed by atoms with E-state index in [1.54, 1.807) is 7.11 Å². The van der Waals surface area contributed by atoms with Crippen LogP contribution in [0, 0.1) is 0 Å². The molecule has 1 aromatic rings. The van der Waals surface area contributed by atoms with Crippen LogP contribution in [0.25, 0.3) is 0 Å². The van der Waals surface area contributed by atoms with Gasteiger partial charge in [-0.1, -0.05) is 6.92 Å². The Kier molecular flexibility index (Phi) is 5.87. The summed E-state index contributed by atoms with van der Waals surface area (Å²) in [4.78, 5) is 16.5. The predicted molar refractivity (Wildman–Crippen MR) is 84.8 cm³/mol. The Morgan fingerprint density at radius 2 is 1.86 bits per heavy atom. The number of piperazine rings is 1. The second kappa shape index (κ2) is 7.88. The van der Waals surface area contributed by atoms with Gasteiger partial charge < -0.3 is 19.9 Å². The van der Waals surface area contributed by atoms with E-state index in [1.807, 2.05) is 29.2 Å². The lowest BCUT2D eigenvalue weighted by molar-refractivity contribution is -0.132. The van der Waals surface area contributed by atoms with Gasteiger partial charge in [0.25, 0.3) is 0 Å². The maximum Gasteiger partial charge on any atom is 0.224 e. The quantitative estimate of drug-likeness (QED) is 0.866. The molecule has 1 heterocycles. The number of nitrogens with zero attached hydrogens (tertiary/aromatic N) is 2. The summed E-state index contributed by atoms with van der Waals surface area (Å²) in [5, 5.41) is 3.27. The van der Waals surface area contributed by atoms with Crippen molar-refractivity contribution in [3.63, 3.8) is 0 Å². The molecule has 116 valence electrons. The Balaban J connectivity index is 1.69. The zero-order valence-corrected chi connectivity index (χ0v) is 13.0. The molecule has 1 saturated heterocycles. The van der Waals surface area contributed by atoms with Crippen LogP contribution >= 0.6 is 0 Å². The van der Waals surface area contributed by atoms with Crippen LogP contribution in [0.2, 0.25) is 0 Å². The number of carbonyl (C=O) groups excluding carboxylic acids is 1. The van der Waals surface area contributed by atoms with Gasteiger partial charge in [-0.2, -0.15) is 0 Å². The first-order valence-corrected chi connectivity index (χ1v) is 7.61. The van der Waals surface area contributed by atoms with Crippen molar-refractivity contribution in [3.05, 3.63) is 24.3 Å². The number of amides is 1. The van der Waals surface area contributed by atoms with Crippen molar-refractivity contribution in [1.29, 1.82) is 0 Å². The van der Waals surface area contributed by atoms with Gasteiger partial charge in [-0.15, -0.1) is 0 Å². The van der Waals surface area contributed by atoms with E-state index in [0.717, 1.165) is 44.2 Å². The summed E-state index contributed by atoms with van der Waals surface area (Å²) in [6.07, 6.45) is 0.540. The number of rotatable bonds is 6. The average Bonchev–Trinajstić information content (AvgIpc) is 2.55. The molecule has 21 heavy (non-hydrogen) atoms. The molecule has 1 aliphatic heterocycles. The summed E-state index contributed by atoms with van der Waals surface area (Å²) in [7, 11) is 1.65. The topological polar surface area (TPSA) is 44.8 Å². The molecule has 0 spiro atoms. The summed E-state index contributed by atoms with van der Waals surface area (Å²) < 4.78 is 5.12. The summed E-state index contributed by atoms with van der Waals surface area (Å²) in [5.74, 6) is 1.08. The first kappa shape index (κ1) is 15.6. The fourth-order valence-electron chi connectivity index (χ4n) is 2.49. The molecule has 0 saturated carbocycles. The van der Waals surface area contributed by atoms with E-state index in [9.17, 15) is 4.79 Å². The molecular formula is C16H25N3O2. The van der Waals surface area contributed by atoms with Crippen molar-refractivity contribution in [1.82, 2.24) is 9.80 Å². The smallest absolute Gasteiger partial charge is 0.224 e. The number of likely N-dealkylation sites (N-methyl/N-ethyl adjacent to an activating group) is 1. The van der Waals surface area contributed by atoms with Crippen LogP contribution in [0.3, 0.4) is 0 Å². The van der Waals surface area contributed by atoms with Crippen LogP contribution in [0.1, 0.15) is 13.3 Å². The SMILES string of the molecule is CCN1CCN(C(=O)CCNc2ccc(OC)cc2)CC1. The minimum Gasteiger partial charge on any atom is -0.497 e. The monoisotopic (exact) mass is 291 g/mol. The molecule has 1 amide bonds. The van der Waals surface area contributed by atoms with Crippen molar-refractivity contribution in [3.8, 4) is 5.75 Å². The Morgan fingerprint density at radius 1 is 1.19 bits per heavy atom. The maximum atomic E-state index is 12.1. The number of anilines is 1. The van der Waals surface area contributed by atoms with Crippen molar-refractivity contribution >= 4 is 11.6 Å². The van der Waals surface area contributed by atoms with E-state index in [1.165, 1.54) is 0 Å². The zero-order chi connectivity index (χ0) is 15.1. The number of hydrogen-bond donors (Lipinski definition) is 1. The molecule has 0 aromatic heterocycles. The number of carbonyl (C=O) groups is 1. The van der Waals surface area contributed by atoms with Gasteiger partial charge in [0.2, 0.25) is 5.91 Å². The molecule has 5 nitrogen and oxygen atoms in total. The molecule has 0 atom stereocenters. The van der Waals surface area contributed by atoms with Gasteiger partial charge in [0.15, 0.2) is 0 Å². The lowest BCUT2D eigenvalue weighted by atomic mass is 10.2. The summed E-state index contributed by atoms with van der Waals surface area (Å²) in [6.45, 7) is 7.60. The standard InChI is InChI=1S/C16H25N3O2/c1-3-18-10-12-19(13-11-18)16(20)8-9-17-14-4-6-15(21-2)7-5-14/h4-7,17H,3,8-13H2,1-2H3. The Labute approximate surface area is 126 Å². The largest absolute Gasteiger partial charge is 0.497 e. The molecule has 0 unspecified atom stereocenters.